The number of esters is 1. The van der Waals surface area contributed by atoms with Gasteiger partial charge in [-0.25, -0.2) is 0 Å². The largest absolute Gasteiger partial charge is 0.465 e. The molecular weight excluding hydrogens is 280 g/mol. The molecule has 0 amide bonds. The van der Waals surface area contributed by atoms with E-state index < -0.39 is 5.92 Å². The maximum atomic E-state index is 12.0. The molecule has 7 heteroatoms. The second kappa shape index (κ2) is 7.08. The maximum Gasteiger partial charge on any atom is 0.318 e. The van der Waals surface area contributed by atoms with Gasteiger partial charge in [0.2, 0.25) is 11.7 Å². The Balaban J connectivity index is 2.13. The molecular formula is C13H20N2O4S. The summed E-state index contributed by atoms with van der Waals surface area (Å²) < 4.78 is 15.9. The van der Waals surface area contributed by atoms with E-state index in [1.807, 2.05) is 13.8 Å². The fourth-order valence-electron chi connectivity index (χ4n) is 2.03. The Morgan fingerprint density at radius 2 is 2.35 bits per heavy atom. The van der Waals surface area contributed by atoms with Crippen molar-refractivity contribution in [3.05, 3.63) is 11.7 Å². The lowest BCUT2D eigenvalue weighted by Gasteiger charge is -2.19. The number of carbonyl (C=O) groups excluding carboxylic acids is 1. The summed E-state index contributed by atoms with van der Waals surface area (Å²) in [5.41, 5.74) is 0. The van der Waals surface area contributed by atoms with Crippen LogP contribution < -0.4 is 0 Å². The first-order valence-electron chi connectivity index (χ1n) is 6.83. The second-order valence-corrected chi connectivity index (χ2v) is 6.05. The third-order valence-corrected chi connectivity index (χ3v) is 4.03. The molecule has 1 saturated heterocycles. The third-order valence-electron chi connectivity index (χ3n) is 3.03. The maximum absolute atomic E-state index is 12.0. The van der Waals surface area contributed by atoms with Gasteiger partial charge in [-0.3, -0.25) is 4.79 Å². The van der Waals surface area contributed by atoms with E-state index >= 15 is 0 Å². The van der Waals surface area contributed by atoms with Crippen LogP contribution in [0, 0.1) is 5.92 Å². The number of aromatic nitrogens is 2. The Morgan fingerprint density at radius 1 is 1.55 bits per heavy atom. The number of hydrogen-bond acceptors (Lipinski definition) is 7. The van der Waals surface area contributed by atoms with Crippen LogP contribution in [0.25, 0.3) is 0 Å². The molecule has 2 rings (SSSR count). The minimum Gasteiger partial charge on any atom is -0.465 e. The molecule has 0 saturated carbocycles. The lowest BCUT2D eigenvalue weighted by atomic mass is 9.96. The molecule has 20 heavy (non-hydrogen) atoms. The molecule has 0 radical (unpaired) electrons. The van der Waals surface area contributed by atoms with Gasteiger partial charge in [0, 0.05) is 11.5 Å². The molecule has 0 aliphatic carbocycles. The van der Waals surface area contributed by atoms with Gasteiger partial charge in [-0.05, 0) is 12.8 Å². The zero-order valence-corrected chi connectivity index (χ0v) is 12.8. The summed E-state index contributed by atoms with van der Waals surface area (Å²) in [7, 11) is 0. The van der Waals surface area contributed by atoms with Crippen molar-refractivity contribution >= 4 is 17.7 Å². The summed E-state index contributed by atoms with van der Waals surface area (Å²) >= 11 is 1.80. The zero-order valence-electron chi connectivity index (χ0n) is 12.0. The highest BCUT2D eigenvalue weighted by atomic mass is 32.2. The first-order valence-corrected chi connectivity index (χ1v) is 7.98. The molecule has 1 aromatic heterocycles. The van der Waals surface area contributed by atoms with Gasteiger partial charge < -0.3 is 14.0 Å². The quantitative estimate of drug-likeness (QED) is 0.771. The van der Waals surface area contributed by atoms with Crippen molar-refractivity contribution in [2.24, 2.45) is 5.92 Å². The molecule has 0 spiro atoms. The Bertz CT molecular complexity index is 443. The van der Waals surface area contributed by atoms with E-state index in [2.05, 4.69) is 10.1 Å². The zero-order chi connectivity index (χ0) is 14.5. The van der Waals surface area contributed by atoms with Crippen LogP contribution in [-0.2, 0) is 14.3 Å². The van der Waals surface area contributed by atoms with Crippen LogP contribution >= 0.6 is 11.8 Å². The standard InChI is InChI=1S/C13H20N2O4S/c1-4-17-13(16)10(8(2)3)12-14-11(15-19-12)9-7-20-6-5-18-9/h8-10H,4-7H2,1-3H3. The Morgan fingerprint density at radius 3 is 2.95 bits per heavy atom. The van der Waals surface area contributed by atoms with E-state index in [4.69, 9.17) is 14.0 Å². The normalized spacial score (nSPS) is 20.9. The predicted octanol–water partition coefficient (Wildman–Crippen LogP) is 2.18. The number of nitrogens with zero attached hydrogens (tertiary/aromatic N) is 2. The number of hydrogen-bond donors (Lipinski definition) is 0. The molecule has 0 bridgehead atoms. The van der Waals surface area contributed by atoms with Crippen molar-refractivity contribution in [2.45, 2.75) is 32.8 Å². The van der Waals surface area contributed by atoms with E-state index in [0.29, 0.717) is 24.9 Å². The van der Waals surface area contributed by atoms with Gasteiger partial charge in [-0.1, -0.05) is 19.0 Å². The summed E-state index contributed by atoms with van der Waals surface area (Å²) in [6.45, 7) is 6.66. The summed E-state index contributed by atoms with van der Waals surface area (Å²) in [6, 6.07) is 0. The Kier molecular flexibility index (Phi) is 5.42. The average molecular weight is 300 g/mol. The number of ether oxygens (including phenoxy) is 2. The van der Waals surface area contributed by atoms with E-state index in [0.717, 1.165) is 11.5 Å². The smallest absolute Gasteiger partial charge is 0.318 e. The van der Waals surface area contributed by atoms with Crippen LogP contribution in [0.4, 0.5) is 0 Å². The fourth-order valence-corrected chi connectivity index (χ4v) is 2.87. The van der Waals surface area contributed by atoms with Crippen LogP contribution in [0.1, 0.15) is 44.5 Å². The van der Waals surface area contributed by atoms with Gasteiger partial charge in [0.15, 0.2) is 0 Å². The number of rotatable bonds is 5. The van der Waals surface area contributed by atoms with E-state index in [1.165, 1.54) is 0 Å². The van der Waals surface area contributed by atoms with E-state index in [-0.39, 0.29) is 18.0 Å². The van der Waals surface area contributed by atoms with Crippen LogP contribution in [0.3, 0.4) is 0 Å². The average Bonchev–Trinajstić information content (AvgIpc) is 2.89. The van der Waals surface area contributed by atoms with Gasteiger partial charge >= 0.3 is 5.97 Å². The molecule has 2 atom stereocenters. The highest BCUT2D eigenvalue weighted by molar-refractivity contribution is 7.99. The topological polar surface area (TPSA) is 74.5 Å². The molecule has 1 aliphatic rings. The van der Waals surface area contributed by atoms with Crippen molar-refractivity contribution in [1.82, 2.24) is 10.1 Å². The first-order chi connectivity index (χ1) is 9.63. The van der Waals surface area contributed by atoms with Crippen molar-refractivity contribution in [3.8, 4) is 0 Å². The van der Waals surface area contributed by atoms with Gasteiger partial charge in [0.25, 0.3) is 0 Å². The molecule has 0 aromatic carbocycles. The molecule has 112 valence electrons. The van der Waals surface area contributed by atoms with E-state index in [1.54, 1.807) is 18.7 Å². The van der Waals surface area contributed by atoms with Crippen LogP contribution in [-0.4, -0.2) is 40.8 Å². The van der Waals surface area contributed by atoms with Crippen molar-refractivity contribution in [3.63, 3.8) is 0 Å². The highest BCUT2D eigenvalue weighted by Gasteiger charge is 2.32. The van der Waals surface area contributed by atoms with Gasteiger partial charge in [-0.2, -0.15) is 16.7 Å². The minimum atomic E-state index is -0.521. The van der Waals surface area contributed by atoms with Gasteiger partial charge in [0.1, 0.15) is 12.0 Å². The fraction of sp³-hybridized carbons (Fsp3) is 0.769. The lowest BCUT2D eigenvalue weighted by molar-refractivity contribution is -0.146. The number of carbonyl (C=O) groups is 1. The molecule has 1 fully saturated rings. The Hall–Kier alpha value is -1.08. The Labute approximate surface area is 122 Å². The summed E-state index contributed by atoms with van der Waals surface area (Å²) in [5.74, 6) is 1.81. The van der Waals surface area contributed by atoms with Gasteiger partial charge in [-0.15, -0.1) is 0 Å². The SMILES string of the molecule is CCOC(=O)C(c1nc(C2CSCCO2)no1)C(C)C. The molecule has 2 unspecified atom stereocenters. The van der Waals surface area contributed by atoms with Crippen LogP contribution in [0.15, 0.2) is 4.52 Å². The molecule has 0 N–H and O–H groups in total. The second-order valence-electron chi connectivity index (χ2n) is 4.90. The first kappa shape index (κ1) is 15.3. The van der Waals surface area contributed by atoms with E-state index in [9.17, 15) is 4.79 Å². The molecule has 6 nitrogen and oxygen atoms in total. The van der Waals surface area contributed by atoms with Crippen molar-refractivity contribution in [1.29, 1.82) is 0 Å². The lowest BCUT2D eigenvalue weighted by Crippen LogP contribution is -2.21. The van der Waals surface area contributed by atoms with Crippen molar-refractivity contribution < 1.29 is 18.8 Å². The third kappa shape index (κ3) is 3.52. The van der Waals surface area contributed by atoms with Gasteiger partial charge in [0.05, 0.1) is 13.2 Å². The predicted molar refractivity (Wildman–Crippen MR) is 74.5 cm³/mol. The highest BCUT2D eigenvalue weighted by Crippen LogP contribution is 2.28. The molecule has 1 aromatic rings. The summed E-state index contributed by atoms with van der Waals surface area (Å²) in [5, 5.41) is 3.95. The van der Waals surface area contributed by atoms with Crippen LogP contribution in [0.2, 0.25) is 0 Å². The minimum absolute atomic E-state index is 0.0315. The van der Waals surface area contributed by atoms with Crippen molar-refractivity contribution in [2.75, 3.05) is 24.7 Å². The van der Waals surface area contributed by atoms with Crippen LogP contribution in [0.5, 0.6) is 0 Å². The number of thioether (sulfide) groups is 1. The molecule has 1 aliphatic heterocycles. The summed E-state index contributed by atoms with van der Waals surface area (Å²) in [6.07, 6.45) is -0.152. The summed E-state index contributed by atoms with van der Waals surface area (Å²) in [4.78, 5) is 16.3. The molecule has 2 heterocycles. The monoisotopic (exact) mass is 300 g/mol.